The van der Waals surface area contributed by atoms with Crippen molar-refractivity contribution in [1.82, 2.24) is 0 Å². The summed E-state index contributed by atoms with van der Waals surface area (Å²) in [5.74, 6) is 50.5. The van der Waals surface area contributed by atoms with E-state index in [-0.39, 0.29) is 0 Å². The number of fused-ring (bicyclic) bond motifs is 26. The van der Waals surface area contributed by atoms with Crippen molar-refractivity contribution in [3.05, 3.63) is 0 Å². The lowest BCUT2D eigenvalue weighted by molar-refractivity contribution is -0.0408. The van der Waals surface area contributed by atoms with E-state index in [0.29, 0.717) is 0 Å². The molecule has 36 aliphatic carbocycles. The van der Waals surface area contributed by atoms with Gasteiger partial charge in [0.1, 0.15) is 0 Å². The summed E-state index contributed by atoms with van der Waals surface area (Å²) < 4.78 is 0. The molecule has 0 aromatic rings. The Morgan fingerprint density at radius 1 is 0.0933 bits per heavy atom. The second kappa shape index (κ2) is 56.7. The van der Waals surface area contributed by atoms with E-state index in [1.165, 1.54) is 319 Å². The molecule has 38 atom stereocenters. The molecule has 0 aromatic heterocycles. The highest BCUT2D eigenvalue weighted by Gasteiger charge is 2.55. The standard InChI is InChI=1S/C18H30.C17H28.2C14H24.C12H20.C11H18.2C11H20.C9H16.C8H14.2C7H12.C6H10.C5H8/c1-3-7-15-13(5-1)9-11-18-16-8-4-2-6-14(16)10-12-17(15)18;1-2-6-14-12(4-1)8-10-17-15-7-3-5-13(15)9-11-16(14)17;1-3-7-13-11(5-1)9-10-12-6-2-4-8-14(12)13;1-2-6-12-10-14-8-4-3-7-13(14)9-11(12)5-1;1-3-9-4-2-6-11-8-7-10(5-1)12(9)11;1-3-8-4-2-6-10(8)11-7-9(11)5-1;1-11-8-4-2-6-10(11)7-3-5-9-11;1-2-6-10-8-4-5-9-11(10)7-3-1;1-2-5-9-7-3-6-8(9)4-1;1-3-7-5-2-6-8(7)4-1;1-2-6-4-5-7(6)3-1;1-2-4-7-5-6(7)3-1;1-2-5-4-6(5)3-1;1-2-5-3-4(1)5/h13-18H,1-12H2;12-17H,1-11H2;2*11-14H,1-10H2;9-12H,1-8H2;8-11H,1-7H2;10H,2-9H2,1H3;10-11H,1-9H2;8-9H,1-7H2;7-8H,1-6H2;2*6-7H,1-5H2;5-6H,1-4H2;4-5H,1-3H2/t;;;;;;;;8-,9+;;2*6-,7+;5-,6+;4-,5+. The molecule has 0 heteroatoms. The summed E-state index contributed by atoms with van der Waals surface area (Å²) in [6.45, 7) is 2.54. The first kappa shape index (κ1) is 113. The average molecular weight is 2060 g/mol. The van der Waals surface area contributed by atoms with Crippen molar-refractivity contribution in [1.29, 1.82) is 0 Å². The zero-order valence-electron chi connectivity index (χ0n) is 101. The van der Waals surface area contributed by atoms with Crippen LogP contribution in [-0.4, -0.2) is 0 Å². The molecular formula is C150H256. The van der Waals surface area contributed by atoms with E-state index in [1.54, 1.807) is 533 Å². The minimum absolute atomic E-state index is 0.774. The predicted octanol–water partition coefficient (Wildman–Crippen LogP) is 46.8. The predicted molar refractivity (Wildman–Crippen MR) is 643 cm³/mol. The van der Waals surface area contributed by atoms with Gasteiger partial charge in [-0.05, 0) is 472 Å². The molecule has 0 spiro atoms. The van der Waals surface area contributed by atoms with Gasteiger partial charge in [0.2, 0.25) is 0 Å². The van der Waals surface area contributed by atoms with E-state index in [4.69, 9.17) is 0 Å². The summed E-state index contributed by atoms with van der Waals surface area (Å²) >= 11 is 0. The molecule has 28 unspecified atom stereocenters. The van der Waals surface area contributed by atoms with Crippen LogP contribution in [0.2, 0.25) is 0 Å². The molecule has 0 radical (unpaired) electrons. The maximum Gasteiger partial charge on any atom is -0.0298 e. The van der Waals surface area contributed by atoms with Gasteiger partial charge in [-0.2, -0.15) is 0 Å². The zero-order chi connectivity index (χ0) is 101. The minimum atomic E-state index is 0.774. The third kappa shape index (κ3) is 29.7. The Bertz CT molecular complexity index is 3580. The molecule has 36 aliphatic rings. The van der Waals surface area contributed by atoms with Gasteiger partial charge in [-0.25, -0.2) is 0 Å². The monoisotopic (exact) mass is 2060 g/mol. The molecule has 0 saturated heterocycles. The second-order valence-electron chi connectivity index (χ2n) is 65.3. The van der Waals surface area contributed by atoms with Crippen LogP contribution < -0.4 is 0 Å². The van der Waals surface area contributed by atoms with Crippen molar-refractivity contribution in [2.24, 2.45) is 260 Å². The molecule has 0 heterocycles. The second-order valence-corrected chi connectivity index (χ2v) is 65.3. The third-order valence-electron chi connectivity index (χ3n) is 57.8. The Kier molecular flexibility index (Phi) is 42.5. The van der Waals surface area contributed by atoms with Gasteiger partial charge in [0, 0.05) is 0 Å². The molecule has 0 nitrogen and oxygen atoms in total. The van der Waals surface area contributed by atoms with Gasteiger partial charge in [-0.1, -0.05) is 469 Å². The molecule has 36 rings (SSSR count). The van der Waals surface area contributed by atoms with Crippen molar-refractivity contribution in [2.75, 3.05) is 0 Å². The van der Waals surface area contributed by atoms with Gasteiger partial charge < -0.3 is 0 Å². The fraction of sp³-hybridized carbons (Fsp3) is 1.00. The number of hydrogen-bond donors (Lipinski definition) is 0. The molecular weight excluding hydrogens is 1800 g/mol. The largest absolute Gasteiger partial charge is 0.0594 e. The Balaban J connectivity index is 0.0000000895. The molecule has 36 fully saturated rings. The smallest absolute Gasteiger partial charge is 0.0298 e. The lowest BCUT2D eigenvalue weighted by Gasteiger charge is -2.54. The molecule has 0 aliphatic heterocycles. The van der Waals surface area contributed by atoms with E-state index < -0.39 is 0 Å². The van der Waals surface area contributed by atoms with Crippen LogP contribution >= 0.6 is 0 Å². The summed E-state index contributed by atoms with van der Waals surface area (Å²) in [5, 5.41) is 0. The molecule has 36 saturated carbocycles. The normalized spacial score (nSPS) is 49.1. The Labute approximate surface area is 934 Å². The van der Waals surface area contributed by atoms with Gasteiger partial charge in [0.15, 0.2) is 0 Å². The van der Waals surface area contributed by atoms with Gasteiger partial charge >= 0.3 is 0 Å². The molecule has 856 valence electrons. The quantitative estimate of drug-likeness (QED) is 0.227. The van der Waals surface area contributed by atoms with Gasteiger partial charge in [0.25, 0.3) is 0 Å². The minimum Gasteiger partial charge on any atom is -0.0594 e. The molecule has 0 amide bonds. The zero-order valence-corrected chi connectivity index (χ0v) is 101. The van der Waals surface area contributed by atoms with Crippen molar-refractivity contribution in [2.45, 2.75) is 681 Å². The number of hydrogen-bond acceptors (Lipinski definition) is 0. The molecule has 0 N–H and O–H groups in total. The topological polar surface area (TPSA) is 0 Å². The average Bonchev–Trinajstić information content (AvgIpc) is 1.09. The van der Waals surface area contributed by atoms with E-state index in [0.717, 1.165) is 82.3 Å². The van der Waals surface area contributed by atoms with Crippen LogP contribution in [0.1, 0.15) is 681 Å². The Morgan fingerprint density at radius 2 is 0.247 bits per heavy atom. The fourth-order valence-corrected chi connectivity index (χ4v) is 48.8. The highest BCUT2D eigenvalue weighted by molar-refractivity contribution is 5.05. The maximum atomic E-state index is 2.54. The van der Waals surface area contributed by atoms with Crippen LogP contribution in [0.15, 0.2) is 0 Å². The van der Waals surface area contributed by atoms with E-state index in [1.807, 2.05) is 0 Å². The Morgan fingerprint density at radius 3 is 0.520 bits per heavy atom. The number of rotatable bonds is 0. The van der Waals surface area contributed by atoms with Crippen molar-refractivity contribution in [3.8, 4) is 0 Å². The van der Waals surface area contributed by atoms with Crippen LogP contribution in [0.5, 0.6) is 0 Å². The summed E-state index contributed by atoms with van der Waals surface area (Å²) in [4.78, 5) is 0. The highest BCUT2D eigenvalue weighted by atomic mass is 14.6. The maximum absolute atomic E-state index is 2.54. The van der Waals surface area contributed by atoms with Gasteiger partial charge in [-0.3, -0.25) is 0 Å². The van der Waals surface area contributed by atoms with E-state index >= 15 is 0 Å². The molecule has 150 heavy (non-hydrogen) atoms. The Hall–Kier alpha value is 0. The van der Waals surface area contributed by atoms with Crippen LogP contribution in [0.4, 0.5) is 0 Å². The molecule has 0 bridgehead atoms. The third-order valence-corrected chi connectivity index (χ3v) is 57.8. The SMILES string of the molecule is C1CC2CCCC2C1.C1CC2CCCC2C2CC2C1.C1CC2CCCC3CCC(C1)C23.C1CCC2C(C1)CCC1C3CCCC3CCC21.C1CCC2C(C1)CCC1C3CCCCC3CCC21.C1CCC2C(C1)CCC1CCCCC12.C1CCC2CC3CCCCC3CC2C1.C1CCC2CCCCC2CC1.C1CC[C@H]2CCC[C@H]2C1.C1CC[C@H]2C[C@H]2C1.C1C[C@@H]2CC[C@@H]2C1.C1C[C@@H]2C[C@@H]2C1.C1C[C@H]2C[C@@H]12.CC12CCCCC1CCCC2. The van der Waals surface area contributed by atoms with Crippen LogP contribution in [0, 0.1) is 260 Å². The van der Waals surface area contributed by atoms with Crippen molar-refractivity contribution in [3.63, 3.8) is 0 Å². The fourth-order valence-electron chi connectivity index (χ4n) is 48.8. The van der Waals surface area contributed by atoms with Crippen LogP contribution in [-0.2, 0) is 0 Å². The lowest BCUT2D eigenvalue weighted by Crippen LogP contribution is -2.45. The van der Waals surface area contributed by atoms with E-state index in [9.17, 15) is 0 Å². The highest BCUT2D eigenvalue weighted by Crippen LogP contribution is 2.65. The lowest BCUT2D eigenvalue weighted by atomic mass is 9.51. The summed E-state index contributed by atoms with van der Waals surface area (Å²) in [5.41, 5.74) is 0.774. The van der Waals surface area contributed by atoms with Crippen LogP contribution in [0.25, 0.3) is 0 Å². The summed E-state index contributed by atoms with van der Waals surface area (Å²) in [7, 11) is 0. The van der Waals surface area contributed by atoms with Crippen LogP contribution in [0.3, 0.4) is 0 Å². The van der Waals surface area contributed by atoms with Crippen molar-refractivity contribution >= 4 is 0 Å². The van der Waals surface area contributed by atoms with Gasteiger partial charge in [0.05, 0.1) is 0 Å². The van der Waals surface area contributed by atoms with Gasteiger partial charge in [-0.15, -0.1) is 0 Å². The first-order chi connectivity index (χ1) is 74.2. The first-order valence-electron chi connectivity index (χ1n) is 74.2. The molecule has 0 aromatic carbocycles. The van der Waals surface area contributed by atoms with Crippen molar-refractivity contribution < 1.29 is 0 Å². The summed E-state index contributed by atoms with van der Waals surface area (Å²) in [6.07, 6.45) is 164. The van der Waals surface area contributed by atoms with E-state index in [2.05, 4.69) is 6.92 Å². The summed E-state index contributed by atoms with van der Waals surface area (Å²) in [6, 6.07) is 0. The first-order valence-corrected chi connectivity index (χ1v) is 74.2.